The van der Waals surface area contributed by atoms with Crippen molar-refractivity contribution in [2.24, 2.45) is 0 Å². The number of alkyl carbamates (subject to hydrolysis) is 1. The molecule has 1 aromatic heterocycles. The van der Waals surface area contributed by atoms with Gasteiger partial charge in [0, 0.05) is 18.3 Å². The summed E-state index contributed by atoms with van der Waals surface area (Å²) < 4.78 is 19.6. The van der Waals surface area contributed by atoms with Crippen LogP contribution in [0, 0.1) is 0 Å². The summed E-state index contributed by atoms with van der Waals surface area (Å²) >= 11 is 0. The number of nitrogens with one attached hydrogen (secondary N) is 2. The molecule has 1 heterocycles. The fraction of sp³-hybridized carbons (Fsp3) is 0.588. The molecule has 1 aromatic rings. The van der Waals surface area contributed by atoms with Gasteiger partial charge >= 0.3 is 6.09 Å². The summed E-state index contributed by atoms with van der Waals surface area (Å²) in [6, 6.07) is 1.55. The Morgan fingerprint density at radius 1 is 1.28 bits per heavy atom. The molecule has 0 unspecified atom stereocenters. The molecule has 2 amide bonds. The van der Waals surface area contributed by atoms with Gasteiger partial charge in [-0.2, -0.15) is 5.10 Å². The van der Waals surface area contributed by atoms with Crippen LogP contribution in [-0.2, 0) is 11.3 Å². The fourth-order valence-corrected chi connectivity index (χ4v) is 1.88. The maximum atomic E-state index is 13.1. The van der Waals surface area contributed by atoms with Crippen molar-refractivity contribution in [2.45, 2.75) is 59.2 Å². The van der Waals surface area contributed by atoms with Gasteiger partial charge < -0.3 is 15.4 Å². The van der Waals surface area contributed by atoms with E-state index in [4.69, 9.17) is 4.74 Å². The summed E-state index contributed by atoms with van der Waals surface area (Å²) in [5.74, 6) is -0.302. The largest absolute Gasteiger partial charge is 0.444 e. The number of hydrogen-bond donors (Lipinski definition) is 2. The number of halogens is 1. The number of hydrogen-bond acceptors (Lipinski definition) is 4. The molecule has 0 saturated carbocycles. The average Bonchev–Trinajstić information content (AvgIpc) is 2.87. The van der Waals surface area contributed by atoms with E-state index in [9.17, 15) is 14.0 Å². The minimum Gasteiger partial charge on any atom is -0.444 e. The smallest absolute Gasteiger partial charge is 0.407 e. The van der Waals surface area contributed by atoms with Gasteiger partial charge in [-0.15, -0.1) is 0 Å². The Hall–Kier alpha value is -2.38. The number of aromatic nitrogens is 2. The van der Waals surface area contributed by atoms with E-state index < -0.39 is 17.2 Å². The standard InChI is InChI=1S/C17H27FN4O3/c1-16(2,3)21-14(23)13-7-8-20-22(13)11-12(9-18)10-19-15(24)25-17(4,5)6/h7-9H,10-11H2,1-6H3,(H,19,24)(H,21,23)/b12-9+. The van der Waals surface area contributed by atoms with Crippen LogP contribution in [0.1, 0.15) is 52.0 Å². The monoisotopic (exact) mass is 354 g/mol. The molecule has 0 spiro atoms. The van der Waals surface area contributed by atoms with Crippen LogP contribution in [0.5, 0.6) is 0 Å². The second-order valence-corrected chi connectivity index (χ2v) is 7.70. The second kappa shape index (κ2) is 8.13. The van der Waals surface area contributed by atoms with Crippen LogP contribution in [0.2, 0.25) is 0 Å². The van der Waals surface area contributed by atoms with Gasteiger partial charge in [-0.3, -0.25) is 9.48 Å². The quantitative estimate of drug-likeness (QED) is 0.851. The molecule has 8 heteroatoms. The number of carbonyl (C=O) groups is 2. The number of amides is 2. The predicted octanol–water partition coefficient (Wildman–Crippen LogP) is 2.79. The molecular formula is C17H27FN4O3. The number of ether oxygens (including phenoxy) is 1. The summed E-state index contributed by atoms with van der Waals surface area (Å²) in [4.78, 5) is 23.9. The summed E-state index contributed by atoms with van der Waals surface area (Å²) in [5, 5.41) is 9.35. The molecule has 0 radical (unpaired) electrons. The Balaban J connectivity index is 2.70. The summed E-state index contributed by atoms with van der Waals surface area (Å²) in [5.41, 5.74) is -0.474. The molecule has 0 aliphatic rings. The van der Waals surface area contributed by atoms with Crippen molar-refractivity contribution in [3.8, 4) is 0 Å². The highest BCUT2D eigenvalue weighted by Gasteiger charge is 2.20. The first-order valence-electron chi connectivity index (χ1n) is 8.00. The first kappa shape index (κ1) is 20.7. The highest BCUT2D eigenvalue weighted by Crippen LogP contribution is 2.09. The minimum atomic E-state index is -0.641. The maximum Gasteiger partial charge on any atom is 0.407 e. The maximum absolute atomic E-state index is 13.1. The zero-order chi connectivity index (χ0) is 19.3. The van der Waals surface area contributed by atoms with Gasteiger partial charge in [0.2, 0.25) is 0 Å². The zero-order valence-corrected chi connectivity index (χ0v) is 15.6. The molecule has 0 aromatic carbocycles. The van der Waals surface area contributed by atoms with Crippen molar-refractivity contribution < 1.29 is 18.7 Å². The van der Waals surface area contributed by atoms with Gasteiger partial charge in [-0.1, -0.05) is 0 Å². The average molecular weight is 354 g/mol. The van der Waals surface area contributed by atoms with E-state index in [0.29, 0.717) is 12.0 Å². The Kier molecular flexibility index (Phi) is 6.72. The van der Waals surface area contributed by atoms with Crippen LogP contribution in [0.25, 0.3) is 0 Å². The van der Waals surface area contributed by atoms with Gasteiger partial charge in [0.25, 0.3) is 5.91 Å². The highest BCUT2D eigenvalue weighted by molar-refractivity contribution is 5.92. The lowest BCUT2D eigenvalue weighted by Crippen LogP contribution is -2.41. The number of carbonyl (C=O) groups excluding carboxylic acids is 2. The van der Waals surface area contributed by atoms with Gasteiger partial charge in [0.05, 0.1) is 12.9 Å². The van der Waals surface area contributed by atoms with Crippen LogP contribution < -0.4 is 10.6 Å². The Morgan fingerprint density at radius 2 is 1.92 bits per heavy atom. The normalized spacial score (nSPS) is 12.7. The summed E-state index contributed by atoms with van der Waals surface area (Å²) in [7, 11) is 0. The van der Waals surface area contributed by atoms with E-state index in [2.05, 4.69) is 15.7 Å². The van der Waals surface area contributed by atoms with E-state index in [0.717, 1.165) is 0 Å². The topological polar surface area (TPSA) is 85.3 Å². The van der Waals surface area contributed by atoms with E-state index in [1.54, 1.807) is 26.8 Å². The molecular weight excluding hydrogens is 327 g/mol. The van der Waals surface area contributed by atoms with E-state index in [1.807, 2.05) is 20.8 Å². The van der Waals surface area contributed by atoms with Gasteiger partial charge in [0.15, 0.2) is 0 Å². The van der Waals surface area contributed by atoms with Gasteiger partial charge in [-0.25, -0.2) is 9.18 Å². The van der Waals surface area contributed by atoms with Crippen molar-refractivity contribution in [1.82, 2.24) is 20.4 Å². The molecule has 0 fully saturated rings. The summed E-state index contributed by atoms with van der Waals surface area (Å²) in [6.45, 7) is 10.8. The van der Waals surface area contributed by atoms with Crippen LogP contribution >= 0.6 is 0 Å². The third-order valence-electron chi connectivity index (χ3n) is 2.80. The lowest BCUT2D eigenvalue weighted by molar-refractivity contribution is 0.0531. The number of rotatable bonds is 5. The lowest BCUT2D eigenvalue weighted by atomic mass is 10.1. The van der Waals surface area contributed by atoms with Crippen molar-refractivity contribution in [3.63, 3.8) is 0 Å². The van der Waals surface area contributed by atoms with Crippen molar-refractivity contribution in [1.29, 1.82) is 0 Å². The molecule has 7 nitrogen and oxygen atoms in total. The van der Waals surface area contributed by atoms with Gasteiger partial charge in [-0.05, 0) is 53.2 Å². The van der Waals surface area contributed by atoms with Crippen LogP contribution in [0.3, 0.4) is 0 Å². The Bertz CT molecular complexity index is 639. The highest BCUT2D eigenvalue weighted by atomic mass is 19.1. The number of nitrogens with zero attached hydrogens (tertiary/aromatic N) is 2. The molecule has 0 aliphatic heterocycles. The molecule has 2 N–H and O–H groups in total. The van der Waals surface area contributed by atoms with E-state index >= 15 is 0 Å². The molecule has 0 atom stereocenters. The van der Waals surface area contributed by atoms with E-state index in [-0.39, 0.29) is 24.6 Å². The Labute approximate surface area is 147 Å². The van der Waals surface area contributed by atoms with Crippen molar-refractivity contribution in [3.05, 3.63) is 29.9 Å². The SMILES string of the molecule is CC(C)(C)NC(=O)c1ccnn1C/C(=C/F)CNC(=O)OC(C)(C)C. The fourth-order valence-electron chi connectivity index (χ4n) is 1.88. The molecule has 140 valence electrons. The second-order valence-electron chi connectivity index (χ2n) is 7.70. The third kappa shape index (κ3) is 7.82. The van der Waals surface area contributed by atoms with Crippen LogP contribution in [0.4, 0.5) is 9.18 Å². The van der Waals surface area contributed by atoms with Crippen molar-refractivity contribution >= 4 is 12.0 Å². The van der Waals surface area contributed by atoms with Gasteiger partial charge in [0.1, 0.15) is 11.3 Å². The first-order chi connectivity index (χ1) is 11.4. The molecule has 1 rings (SSSR count). The predicted molar refractivity (Wildman–Crippen MR) is 92.9 cm³/mol. The molecule has 0 bridgehead atoms. The van der Waals surface area contributed by atoms with Crippen molar-refractivity contribution in [2.75, 3.05) is 6.54 Å². The molecule has 0 saturated heterocycles. The minimum absolute atomic E-state index is 0.0339. The zero-order valence-electron chi connectivity index (χ0n) is 15.6. The lowest BCUT2D eigenvalue weighted by Gasteiger charge is -2.21. The Morgan fingerprint density at radius 3 is 2.44 bits per heavy atom. The van der Waals surface area contributed by atoms with E-state index in [1.165, 1.54) is 10.9 Å². The molecule has 25 heavy (non-hydrogen) atoms. The molecule has 0 aliphatic carbocycles. The van der Waals surface area contributed by atoms with Crippen LogP contribution in [0.15, 0.2) is 24.2 Å². The third-order valence-corrected chi connectivity index (χ3v) is 2.80. The first-order valence-corrected chi connectivity index (χ1v) is 8.00. The summed E-state index contributed by atoms with van der Waals surface area (Å²) in [6.07, 6.45) is 1.22. The van der Waals surface area contributed by atoms with Crippen LogP contribution in [-0.4, -0.2) is 39.5 Å².